The number of nitrogens with one attached hydrogen (secondary N) is 2. The Hall–Kier alpha value is -2.08. The zero-order chi connectivity index (χ0) is 20.5. The van der Waals surface area contributed by atoms with Crippen LogP contribution in [0.3, 0.4) is 0 Å². The minimum Gasteiger partial charge on any atom is -0.481 e. The summed E-state index contributed by atoms with van der Waals surface area (Å²) < 4.78 is 30.1. The second-order valence-electron chi connectivity index (χ2n) is 6.76. The van der Waals surface area contributed by atoms with E-state index < -0.39 is 20.5 Å². The van der Waals surface area contributed by atoms with Gasteiger partial charge < -0.3 is 10.1 Å². The lowest BCUT2D eigenvalue weighted by Crippen LogP contribution is -2.57. The average molecular weight is 409 g/mol. The molecule has 0 aliphatic carbocycles. The van der Waals surface area contributed by atoms with Crippen molar-refractivity contribution in [2.24, 2.45) is 0 Å². The molecule has 0 unspecified atom stereocenters. The van der Waals surface area contributed by atoms with Gasteiger partial charge in [0.05, 0.1) is 4.90 Å². The summed E-state index contributed by atoms with van der Waals surface area (Å²) in [6.45, 7) is 3.14. The van der Waals surface area contributed by atoms with E-state index in [-0.39, 0.29) is 24.3 Å². The first kappa shape index (κ1) is 22.2. The Labute approximate surface area is 166 Å². The van der Waals surface area contributed by atoms with Gasteiger partial charge in [0.15, 0.2) is 14.6 Å². The molecule has 2 rings (SSSR count). The van der Waals surface area contributed by atoms with Crippen LogP contribution >= 0.6 is 0 Å². The van der Waals surface area contributed by atoms with Crippen LogP contribution in [0, 0.1) is 11.8 Å². The van der Waals surface area contributed by atoms with Gasteiger partial charge in [-0.1, -0.05) is 31.6 Å². The van der Waals surface area contributed by atoms with Gasteiger partial charge in [0.2, 0.25) is 0 Å². The summed E-state index contributed by atoms with van der Waals surface area (Å²) in [4.78, 5) is 12.3. The number of amides is 1. The van der Waals surface area contributed by atoms with E-state index in [2.05, 4.69) is 24.1 Å². The molecule has 1 aliphatic rings. The van der Waals surface area contributed by atoms with E-state index >= 15 is 0 Å². The predicted molar refractivity (Wildman–Crippen MR) is 106 cm³/mol. The topological polar surface area (TPSA) is 105 Å². The van der Waals surface area contributed by atoms with E-state index in [0.717, 1.165) is 25.7 Å². The molecular weight excluding hydrogens is 380 g/mol. The number of benzene rings is 1. The maximum atomic E-state index is 13.1. The molecule has 0 bridgehead atoms. The van der Waals surface area contributed by atoms with Crippen molar-refractivity contribution in [3.05, 3.63) is 24.3 Å². The molecule has 1 aromatic carbocycles. The molecule has 8 heteroatoms. The predicted octanol–water partition coefficient (Wildman–Crippen LogP) is 2.05. The van der Waals surface area contributed by atoms with Crippen molar-refractivity contribution in [3.8, 4) is 17.6 Å². The quantitative estimate of drug-likeness (QED) is 0.263. The number of hydrogen-bond acceptors (Lipinski definition) is 6. The molecule has 1 aromatic rings. The molecular formula is C20H28N2O5S. The monoisotopic (exact) mass is 408 g/mol. The Morgan fingerprint density at radius 1 is 1.21 bits per heavy atom. The average Bonchev–Trinajstić information content (AvgIpc) is 2.73. The first-order valence-electron chi connectivity index (χ1n) is 9.56. The smallest absolute Gasteiger partial charge is 0.265 e. The van der Waals surface area contributed by atoms with Gasteiger partial charge in [-0.3, -0.25) is 10.0 Å². The van der Waals surface area contributed by atoms with Gasteiger partial charge in [-0.25, -0.2) is 13.9 Å². The second-order valence-corrected chi connectivity index (χ2v) is 9.02. The molecule has 0 spiro atoms. The fourth-order valence-electron chi connectivity index (χ4n) is 3.21. The lowest BCUT2D eigenvalue weighted by molar-refractivity contribution is -0.132. The molecule has 3 N–H and O–H groups in total. The van der Waals surface area contributed by atoms with Gasteiger partial charge in [-0.15, -0.1) is 0 Å². The third-order valence-corrected chi connectivity index (χ3v) is 7.43. The molecule has 0 radical (unpaired) electrons. The summed E-state index contributed by atoms with van der Waals surface area (Å²) >= 11 is 0. The normalized spacial score (nSPS) is 15.9. The number of carbonyl (C=O) groups excluding carboxylic acids is 1. The first-order chi connectivity index (χ1) is 13.5. The largest absolute Gasteiger partial charge is 0.481 e. The van der Waals surface area contributed by atoms with E-state index in [1.165, 1.54) is 17.6 Å². The van der Waals surface area contributed by atoms with Crippen molar-refractivity contribution in [2.75, 3.05) is 19.7 Å². The number of rotatable bonds is 8. The highest BCUT2D eigenvalue weighted by molar-refractivity contribution is 7.93. The fourth-order valence-corrected chi connectivity index (χ4v) is 5.19. The Morgan fingerprint density at radius 3 is 2.50 bits per heavy atom. The highest BCUT2D eigenvalue weighted by atomic mass is 32.2. The van der Waals surface area contributed by atoms with Crippen LogP contribution in [0.4, 0.5) is 0 Å². The van der Waals surface area contributed by atoms with Crippen molar-refractivity contribution >= 4 is 15.7 Å². The number of ether oxygens (including phenoxy) is 1. The number of unbranched alkanes of at least 4 members (excludes halogenated alkanes) is 3. The second kappa shape index (κ2) is 10.5. The van der Waals surface area contributed by atoms with E-state index in [4.69, 9.17) is 9.94 Å². The van der Waals surface area contributed by atoms with Crippen molar-refractivity contribution in [2.45, 2.75) is 55.1 Å². The first-order valence-corrected chi connectivity index (χ1v) is 11.0. The van der Waals surface area contributed by atoms with Crippen LogP contribution in [0.25, 0.3) is 0 Å². The van der Waals surface area contributed by atoms with Gasteiger partial charge in [-0.2, -0.15) is 0 Å². The fraction of sp³-hybridized carbons (Fsp3) is 0.550. The molecule has 1 amide bonds. The van der Waals surface area contributed by atoms with Crippen molar-refractivity contribution in [3.63, 3.8) is 0 Å². The molecule has 1 fully saturated rings. The summed E-state index contributed by atoms with van der Waals surface area (Å²) in [5.74, 6) is 5.60. The number of carbonyl (C=O) groups is 1. The van der Waals surface area contributed by atoms with Crippen molar-refractivity contribution < 1.29 is 23.2 Å². The summed E-state index contributed by atoms with van der Waals surface area (Å²) in [5.41, 5.74) is 1.53. The van der Waals surface area contributed by atoms with E-state index in [1.54, 1.807) is 12.1 Å². The van der Waals surface area contributed by atoms with E-state index in [1.807, 2.05) is 0 Å². The molecule has 1 aliphatic heterocycles. The van der Waals surface area contributed by atoms with Crippen LogP contribution < -0.4 is 15.5 Å². The van der Waals surface area contributed by atoms with E-state index in [0.29, 0.717) is 18.8 Å². The summed E-state index contributed by atoms with van der Waals surface area (Å²) in [5, 5.41) is 12.1. The van der Waals surface area contributed by atoms with Gasteiger partial charge in [0.1, 0.15) is 12.4 Å². The maximum Gasteiger partial charge on any atom is 0.265 e. The molecule has 7 nitrogen and oxygen atoms in total. The number of hydroxylamine groups is 1. The van der Waals surface area contributed by atoms with E-state index in [9.17, 15) is 13.2 Å². The Morgan fingerprint density at radius 2 is 1.89 bits per heavy atom. The van der Waals surface area contributed by atoms with Crippen LogP contribution in [-0.2, 0) is 14.6 Å². The Kier molecular flexibility index (Phi) is 8.30. The molecule has 0 aromatic heterocycles. The molecule has 154 valence electrons. The van der Waals surface area contributed by atoms with Gasteiger partial charge in [-0.05, 0) is 56.6 Å². The third kappa shape index (κ3) is 5.04. The van der Waals surface area contributed by atoms with Gasteiger partial charge >= 0.3 is 0 Å². The minimum atomic E-state index is -3.99. The number of piperidine rings is 1. The minimum absolute atomic E-state index is 0.0241. The maximum absolute atomic E-state index is 13.1. The molecule has 0 atom stereocenters. The third-order valence-electron chi connectivity index (χ3n) is 4.92. The summed E-state index contributed by atoms with van der Waals surface area (Å²) in [7, 11) is -3.99. The van der Waals surface area contributed by atoms with Crippen LogP contribution in [-0.4, -0.2) is 44.0 Å². The summed E-state index contributed by atoms with van der Waals surface area (Å²) in [6, 6.07) is 5.95. The van der Waals surface area contributed by atoms with Crippen LogP contribution in [0.2, 0.25) is 0 Å². The Balaban J connectivity index is 2.07. The Bertz CT molecular complexity index is 803. The highest BCUT2D eigenvalue weighted by Crippen LogP contribution is 2.34. The molecule has 1 heterocycles. The van der Waals surface area contributed by atoms with Crippen LogP contribution in [0.15, 0.2) is 29.2 Å². The number of sulfone groups is 1. The zero-order valence-electron chi connectivity index (χ0n) is 16.2. The lowest BCUT2D eigenvalue weighted by Gasteiger charge is -2.34. The van der Waals surface area contributed by atoms with Crippen LogP contribution in [0.1, 0.15) is 45.4 Å². The number of hydrogen-bond donors (Lipinski definition) is 3. The standard InChI is InChI=1S/C20H28N2O5S/c1-2-3-4-5-6-7-16-27-17-8-10-18(11-9-17)28(25,26)20(19(23)22-24)12-14-21-15-13-20/h8-11,21,24H,2-5,12-16H2,1H3,(H,22,23). The van der Waals surface area contributed by atoms with Crippen molar-refractivity contribution in [1.29, 1.82) is 0 Å². The van der Waals surface area contributed by atoms with Gasteiger partial charge in [0, 0.05) is 6.42 Å². The lowest BCUT2D eigenvalue weighted by atomic mass is 9.96. The SMILES string of the molecule is CCCCCC#CCOc1ccc(S(=O)(=O)C2(C(=O)NO)CCNCC2)cc1. The van der Waals surface area contributed by atoms with Gasteiger partial charge in [0.25, 0.3) is 5.91 Å². The summed E-state index contributed by atoms with van der Waals surface area (Å²) in [6.07, 6.45) is 4.43. The highest BCUT2D eigenvalue weighted by Gasteiger charge is 2.51. The molecule has 28 heavy (non-hydrogen) atoms. The molecule has 0 saturated carbocycles. The van der Waals surface area contributed by atoms with Crippen molar-refractivity contribution in [1.82, 2.24) is 10.8 Å². The zero-order valence-corrected chi connectivity index (χ0v) is 17.0. The molecule has 1 saturated heterocycles. The van der Waals surface area contributed by atoms with Crippen LogP contribution in [0.5, 0.6) is 5.75 Å².